The molecule has 3 N–H and O–H groups in total. The van der Waals surface area contributed by atoms with Crippen LogP contribution in [-0.4, -0.2) is 47.4 Å². The normalized spacial score (nSPS) is 12.6. The summed E-state index contributed by atoms with van der Waals surface area (Å²) < 4.78 is 5.48. The lowest BCUT2D eigenvalue weighted by molar-refractivity contribution is -0.143. The fourth-order valence-electron chi connectivity index (χ4n) is 10.7. The molecule has 0 saturated heterocycles. The fraction of sp³-hybridized carbons (Fsp3) is 0.913. The number of carbonyl (C=O) groups excluding carboxylic acids is 2. The fourth-order valence-corrected chi connectivity index (χ4v) is 10.7. The first-order valence-electron chi connectivity index (χ1n) is 34.1. The summed E-state index contributed by atoms with van der Waals surface area (Å²) in [6.07, 6.45) is 80.7. The highest BCUT2D eigenvalue weighted by atomic mass is 16.5. The van der Waals surface area contributed by atoms with Gasteiger partial charge in [0.25, 0.3) is 0 Å². The molecule has 0 bridgehead atoms. The van der Waals surface area contributed by atoms with E-state index in [0.717, 1.165) is 44.9 Å². The summed E-state index contributed by atoms with van der Waals surface area (Å²) in [6, 6.07) is -0.546. The molecule has 0 spiro atoms. The Kier molecular flexibility index (Phi) is 63.4. The quantitative estimate of drug-likeness (QED) is 0.0320. The third kappa shape index (κ3) is 61.4. The van der Waals surface area contributed by atoms with Crippen LogP contribution in [0.3, 0.4) is 0 Å². The number of amides is 1. The number of esters is 1. The van der Waals surface area contributed by atoms with Crippen LogP contribution in [0.4, 0.5) is 0 Å². The molecule has 2 unspecified atom stereocenters. The summed E-state index contributed by atoms with van der Waals surface area (Å²) in [5.41, 5.74) is 0. The molecule has 1 amide bonds. The SMILES string of the molecule is CCCCCC/C=C\CCCCCCCC(=O)OCCCCCCCCCCCCCC/C=C\CCCCCCCCCCC(=O)NC(CO)C(O)CCCCCCCCCCCCCCCCCCCCCCC. The molecular weight excluding hydrogens is 923 g/mol. The van der Waals surface area contributed by atoms with E-state index in [1.54, 1.807) is 0 Å². The topological polar surface area (TPSA) is 95.9 Å². The van der Waals surface area contributed by atoms with Gasteiger partial charge in [0.05, 0.1) is 25.4 Å². The lowest BCUT2D eigenvalue weighted by Crippen LogP contribution is -2.45. The molecule has 444 valence electrons. The number of hydrogen-bond acceptors (Lipinski definition) is 5. The zero-order valence-electron chi connectivity index (χ0n) is 50.8. The van der Waals surface area contributed by atoms with E-state index in [9.17, 15) is 19.8 Å². The zero-order valence-corrected chi connectivity index (χ0v) is 50.8. The van der Waals surface area contributed by atoms with E-state index in [4.69, 9.17) is 4.74 Å². The molecule has 6 nitrogen and oxygen atoms in total. The lowest BCUT2D eigenvalue weighted by atomic mass is 10.0. The molecule has 0 saturated carbocycles. The molecule has 0 aromatic rings. The van der Waals surface area contributed by atoms with Crippen LogP contribution in [-0.2, 0) is 14.3 Å². The van der Waals surface area contributed by atoms with Gasteiger partial charge in [-0.25, -0.2) is 0 Å². The maximum Gasteiger partial charge on any atom is 0.305 e. The van der Waals surface area contributed by atoms with Gasteiger partial charge in [-0.3, -0.25) is 9.59 Å². The highest BCUT2D eigenvalue weighted by Gasteiger charge is 2.20. The molecule has 75 heavy (non-hydrogen) atoms. The standard InChI is InChI=1S/C69H133NO5/c1-3-5-7-9-11-13-15-17-18-19-20-25-28-31-34-38-41-45-49-53-57-61-67(72)66(65-71)70-68(73)62-58-54-50-46-42-39-35-32-29-26-23-21-22-24-27-30-33-36-40-44-48-52-56-60-64-75-69(74)63-59-55-51-47-43-37-16-14-12-10-8-6-4-2/h14,16,23,26,66-67,71-72H,3-13,15,17-22,24-25,27-65H2,1-2H3,(H,70,73)/b16-14-,26-23-. The first-order valence-corrected chi connectivity index (χ1v) is 34.1. The number of unbranched alkanes of at least 4 members (excludes halogenated alkanes) is 49. The Hall–Kier alpha value is -1.66. The van der Waals surface area contributed by atoms with Gasteiger partial charge in [-0.15, -0.1) is 0 Å². The Morgan fingerprint density at radius 3 is 0.960 bits per heavy atom. The number of aliphatic hydroxyl groups excluding tert-OH is 2. The van der Waals surface area contributed by atoms with Crippen molar-refractivity contribution in [3.8, 4) is 0 Å². The maximum absolute atomic E-state index is 12.5. The van der Waals surface area contributed by atoms with Gasteiger partial charge >= 0.3 is 5.97 Å². The van der Waals surface area contributed by atoms with Crippen LogP contribution >= 0.6 is 0 Å². The number of nitrogens with one attached hydrogen (secondary N) is 1. The number of aliphatic hydroxyl groups is 2. The largest absolute Gasteiger partial charge is 0.466 e. The smallest absolute Gasteiger partial charge is 0.305 e. The van der Waals surface area contributed by atoms with Gasteiger partial charge in [0.15, 0.2) is 0 Å². The summed E-state index contributed by atoms with van der Waals surface area (Å²) in [7, 11) is 0. The van der Waals surface area contributed by atoms with Gasteiger partial charge in [-0.1, -0.05) is 314 Å². The lowest BCUT2D eigenvalue weighted by Gasteiger charge is -2.22. The van der Waals surface area contributed by atoms with Gasteiger partial charge in [0.2, 0.25) is 5.91 Å². The third-order valence-corrected chi connectivity index (χ3v) is 16.0. The first-order chi connectivity index (χ1) is 37.0. The van der Waals surface area contributed by atoms with Crippen molar-refractivity contribution >= 4 is 11.9 Å². The highest BCUT2D eigenvalue weighted by molar-refractivity contribution is 5.76. The van der Waals surface area contributed by atoms with E-state index in [0.29, 0.717) is 25.9 Å². The summed E-state index contributed by atoms with van der Waals surface area (Å²) in [5.74, 6) is -0.0316. The molecule has 0 aliphatic rings. The average molecular weight is 1060 g/mol. The second-order valence-corrected chi connectivity index (χ2v) is 23.5. The minimum atomic E-state index is -0.668. The van der Waals surface area contributed by atoms with E-state index in [2.05, 4.69) is 43.5 Å². The van der Waals surface area contributed by atoms with Crippen LogP contribution in [0.15, 0.2) is 24.3 Å². The van der Waals surface area contributed by atoms with Gasteiger partial charge in [0.1, 0.15) is 0 Å². The molecule has 2 atom stereocenters. The molecule has 0 rings (SSSR count). The first kappa shape index (κ1) is 73.3. The number of allylic oxidation sites excluding steroid dienone is 4. The van der Waals surface area contributed by atoms with Crippen molar-refractivity contribution in [2.45, 2.75) is 392 Å². The molecule has 6 heteroatoms. The van der Waals surface area contributed by atoms with Crippen LogP contribution in [0.25, 0.3) is 0 Å². The Labute approximate surface area is 469 Å². The monoisotopic (exact) mass is 1060 g/mol. The summed E-state index contributed by atoms with van der Waals surface area (Å²) >= 11 is 0. The molecule has 0 heterocycles. The van der Waals surface area contributed by atoms with Gasteiger partial charge < -0.3 is 20.3 Å². The van der Waals surface area contributed by atoms with Crippen molar-refractivity contribution in [3.05, 3.63) is 24.3 Å². The molecule has 0 aromatic heterocycles. The summed E-state index contributed by atoms with van der Waals surface area (Å²) in [5, 5.41) is 23.4. The minimum Gasteiger partial charge on any atom is -0.466 e. The maximum atomic E-state index is 12.5. The van der Waals surface area contributed by atoms with Crippen molar-refractivity contribution in [2.24, 2.45) is 0 Å². The van der Waals surface area contributed by atoms with Gasteiger partial charge in [-0.2, -0.15) is 0 Å². The Bertz CT molecular complexity index is 1170. The van der Waals surface area contributed by atoms with E-state index >= 15 is 0 Å². The number of rotatable bonds is 64. The van der Waals surface area contributed by atoms with Crippen LogP contribution < -0.4 is 5.32 Å². The summed E-state index contributed by atoms with van der Waals surface area (Å²) in [4.78, 5) is 24.6. The minimum absolute atomic E-state index is 0.00395. The molecule has 0 fully saturated rings. The van der Waals surface area contributed by atoms with Gasteiger partial charge in [0, 0.05) is 12.8 Å². The Balaban J connectivity index is 3.41. The predicted molar refractivity (Wildman–Crippen MR) is 329 cm³/mol. The van der Waals surface area contributed by atoms with E-state index in [-0.39, 0.29) is 18.5 Å². The molecule has 0 aliphatic carbocycles. The molecular formula is C69H133NO5. The van der Waals surface area contributed by atoms with Crippen molar-refractivity contribution < 1.29 is 24.5 Å². The van der Waals surface area contributed by atoms with Crippen molar-refractivity contribution in [1.82, 2.24) is 5.32 Å². The average Bonchev–Trinajstić information content (AvgIpc) is 3.41. The van der Waals surface area contributed by atoms with Crippen molar-refractivity contribution in [3.63, 3.8) is 0 Å². The number of hydrogen-bond donors (Lipinski definition) is 3. The predicted octanol–water partition coefficient (Wildman–Crippen LogP) is 21.8. The van der Waals surface area contributed by atoms with Gasteiger partial charge in [-0.05, 0) is 77.0 Å². The zero-order chi connectivity index (χ0) is 54.3. The number of carbonyl (C=O) groups is 2. The molecule has 0 radical (unpaired) electrons. The van der Waals surface area contributed by atoms with Crippen molar-refractivity contribution in [2.75, 3.05) is 13.2 Å². The van der Waals surface area contributed by atoms with Crippen LogP contribution in [0.2, 0.25) is 0 Å². The second kappa shape index (κ2) is 64.9. The third-order valence-electron chi connectivity index (χ3n) is 16.0. The summed E-state index contributed by atoms with van der Waals surface area (Å²) in [6.45, 7) is 4.96. The van der Waals surface area contributed by atoms with Crippen LogP contribution in [0, 0.1) is 0 Å². The van der Waals surface area contributed by atoms with Crippen LogP contribution in [0.5, 0.6) is 0 Å². The van der Waals surface area contributed by atoms with E-state index in [1.807, 2.05) is 0 Å². The van der Waals surface area contributed by atoms with E-state index in [1.165, 1.54) is 302 Å². The second-order valence-electron chi connectivity index (χ2n) is 23.5. The number of ether oxygens (including phenoxy) is 1. The Morgan fingerprint density at radius 2 is 0.627 bits per heavy atom. The van der Waals surface area contributed by atoms with Crippen LogP contribution in [0.1, 0.15) is 380 Å². The Morgan fingerprint density at radius 1 is 0.360 bits per heavy atom. The van der Waals surface area contributed by atoms with E-state index < -0.39 is 12.1 Å². The highest BCUT2D eigenvalue weighted by Crippen LogP contribution is 2.18. The molecule has 0 aromatic carbocycles. The molecule has 0 aliphatic heterocycles. The van der Waals surface area contributed by atoms with Crippen molar-refractivity contribution in [1.29, 1.82) is 0 Å².